The number of hydrogen-bond acceptors (Lipinski definition) is 6. The number of ether oxygens (including phenoxy) is 2. The summed E-state index contributed by atoms with van der Waals surface area (Å²) >= 11 is 3.22. The van der Waals surface area contributed by atoms with Crippen LogP contribution in [-0.4, -0.2) is 49.3 Å². The Labute approximate surface area is 179 Å². The molecule has 1 aliphatic rings. The molecule has 2 unspecified atom stereocenters. The van der Waals surface area contributed by atoms with E-state index in [0.29, 0.717) is 29.4 Å². The maximum atomic E-state index is 13.5. The molecule has 0 spiro atoms. The second kappa shape index (κ2) is 10.0. The van der Waals surface area contributed by atoms with Crippen LogP contribution in [0.5, 0.6) is 11.5 Å². The van der Waals surface area contributed by atoms with Gasteiger partial charge in [-0.05, 0) is 36.1 Å². The lowest BCUT2D eigenvalue weighted by Crippen LogP contribution is -2.48. The molecular formula is C21H26N2O4S2. The predicted molar refractivity (Wildman–Crippen MR) is 117 cm³/mol. The van der Waals surface area contributed by atoms with Gasteiger partial charge in [-0.1, -0.05) is 19.4 Å². The van der Waals surface area contributed by atoms with Gasteiger partial charge in [0.2, 0.25) is 5.91 Å². The maximum absolute atomic E-state index is 13.5. The van der Waals surface area contributed by atoms with Crippen LogP contribution in [0.4, 0.5) is 0 Å². The minimum absolute atomic E-state index is 0.0983. The predicted octanol–water partition coefficient (Wildman–Crippen LogP) is 3.94. The van der Waals surface area contributed by atoms with Crippen LogP contribution in [0.2, 0.25) is 0 Å². The van der Waals surface area contributed by atoms with E-state index in [2.05, 4.69) is 12.2 Å². The molecule has 156 valence electrons. The Morgan fingerprint density at radius 3 is 2.66 bits per heavy atom. The minimum atomic E-state index is -0.510. The maximum Gasteiger partial charge on any atom is 0.255 e. The lowest BCUT2D eigenvalue weighted by molar-refractivity contribution is -0.124. The molecule has 29 heavy (non-hydrogen) atoms. The van der Waals surface area contributed by atoms with Crippen molar-refractivity contribution in [3.8, 4) is 11.5 Å². The highest BCUT2D eigenvalue weighted by Crippen LogP contribution is 2.44. The monoisotopic (exact) mass is 434 g/mol. The molecule has 1 aromatic carbocycles. The van der Waals surface area contributed by atoms with Gasteiger partial charge >= 0.3 is 0 Å². The van der Waals surface area contributed by atoms with Crippen LogP contribution in [0.15, 0.2) is 35.7 Å². The first-order valence-corrected chi connectivity index (χ1v) is 11.5. The number of nitrogens with zero attached hydrogens (tertiary/aromatic N) is 1. The lowest BCUT2D eigenvalue weighted by atomic mass is 10.1. The summed E-state index contributed by atoms with van der Waals surface area (Å²) in [6.07, 6.45) is 1.93. The molecule has 6 nitrogen and oxygen atoms in total. The molecule has 3 rings (SSSR count). The Hall–Kier alpha value is -2.19. The molecule has 2 heterocycles. The number of carbonyl (C=O) groups is 2. The van der Waals surface area contributed by atoms with Gasteiger partial charge in [0.1, 0.15) is 11.4 Å². The zero-order chi connectivity index (χ0) is 20.8. The summed E-state index contributed by atoms with van der Waals surface area (Å²) in [5, 5.41) is 4.79. The van der Waals surface area contributed by atoms with Crippen molar-refractivity contribution >= 4 is 34.9 Å². The molecule has 1 aromatic heterocycles. The number of hydrogen-bond donors (Lipinski definition) is 1. The molecule has 2 amide bonds. The molecule has 2 atom stereocenters. The number of thioether (sulfide) groups is 1. The van der Waals surface area contributed by atoms with Gasteiger partial charge in [0.05, 0.1) is 14.2 Å². The average Bonchev–Trinajstić information content (AvgIpc) is 3.42. The quantitative estimate of drug-likeness (QED) is 0.638. The number of nitrogens with one attached hydrogen (secondary N) is 1. The first-order chi connectivity index (χ1) is 14.1. The third-order valence-electron chi connectivity index (χ3n) is 4.78. The summed E-state index contributed by atoms with van der Waals surface area (Å²) in [7, 11) is 3.09. The van der Waals surface area contributed by atoms with Crippen LogP contribution in [0.1, 0.15) is 40.4 Å². The molecule has 0 aliphatic carbocycles. The smallest absolute Gasteiger partial charge is 0.255 e. The zero-order valence-electron chi connectivity index (χ0n) is 16.8. The Morgan fingerprint density at radius 2 is 2.00 bits per heavy atom. The van der Waals surface area contributed by atoms with Crippen molar-refractivity contribution in [1.29, 1.82) is 0 Å². The van der Waals surface area contributed by atoms with E-state index in [9.17, 15) is 9.59 Å². The van der Waals surface area contributed by atoms with Gasteiger partial charge in [-0.3, -0.25) is 9.59 Å². The van der Waals surface area contributed by atoms with Crippen molar-refractivity contribution in [2.24, 2.45) is 0 Å². The van der Waals surface area contributed by atoms with Crippen molar-refractivity contribution in [2.75, 3.05) is 26.5 Å². The highest BCUT2D eigenvalue weighted by Gasteiger charge is 2.43. The molecule has 0 radical (unpaired) electrons. The van der Waals surface area contributed by atoms with Gasteiger partial charge in [-0.15, -0.1) is 23.1 Å². The number of benzene rings is 1. The minimum Gasteiger partial charge on any atom is -0.493 e. The summed E-state index contributed by atoms with van der Waals surface area (Å²) in [6.45, 7) is 2.70. The number of methoxy groups -OCH3 is 2. The fourth-order valence-electron chi connectivity index (χ4n) is 3.23. The van der Waals surface area contributed by atoms with Gasteiger partial charge in [0, 0.05) is 22.7 Å². The topological polar surface area (TPSA) is 67.9 Å². The molecule has 2 aromatic rings. The second-order valence-electron chi connectivity index (χ2n) is 6.64. The largest absolute Gasteiger partial charge is 0.493 e. The Morgan fingerprint density at radius 1 is 1.21 bits per heavy atom. The highest BCUT2D eigenvalue weighted by molar-refractivity contribution is 7.99. The van der Waals surface area contributed by atoms with Crippen molar-refractivity contribution < 1.29 is 19.1 Å². The molecular weight excluding hydrogens is 408 g/mol. The summed E-state index contributed by atoms with van der Waals surface area (Å²) in [4.78, 5) is 29.1. The standard InChI is InChI=1S/C21H26N2O4S2/c1-4-5-10-22-19(24)15-13-29-21(18-7-6-11-28-18)23(15)20(25)14-8-9-16(26-2)17(12-14)27-3/h6-9,11-12,15,21H,4-5,10,13H2,1-3H3,(H,22,24). The Balaban J connectivity index is 1.90. The van der Waals surface area contributed by atoms with Crippen molar-refractivity contribution in [1.82, 2.24) is 10.2 Å². The van der Waals surface area contributed by atoms with Gasteiger partial charge in [0.15, 0.2) is 11.5 Å². The Bertz CT molecular complexity index is 841. The van der Waals surface area contributed by atoms with Crippen molar-refractivity contribution in [3.63, 3.8) is 0 Å². The van der Waals surface area contributed by atoms with Gasteiger partial charge in [-0.25, -0.2) is 0 Å². The van der Waals surface area contributed by atoms with E-state index >= 15 is 0 Å². The fourth-order valence-corrected chi connectivity index (χ4v) is 5.63. The summed E-state index contributed by atoms with van der Waals surface area (Å²) in [5.74, 6) is 1.33. The number of carbonyl (C=O) groups excluding carboxylic acids is 2. The van der Waals surface area contributed by atoms with Crippen molar-refractivity contribution in [2.45, 2.75) is 31.2 Å². The fraction of sp³-hybridized carbons (Fsp3) is 0.429. The average molecular weight is 435 g/mol. The molecule has 8 heteroatoms. The first kappa shape index (κ1) is 21.5. The third-order valence-corrected chi connectivity index (χ3v) is 7.16. The van der Waals surface area contributed by atoms with Crippen LogP contribution in [-0.2, 0) is 4.79 Å². The molecule has 0 saturated carbocycles. The van der Waals surface area contributed by atoms with Gasteiger partial charge in [-0.2, -0.15) is 0 Å². The van der Waals surface area contributed by atoms with E-state index in [-0.39, 0.29) is 17.2 Å². The lowest BCUT2D eigenvalue weighted by Gasteiger charge is -2.28. The number of amides is 2. The first-order valence-electron chi connectivity index (χ1n) is 9.58. The summed E-state index contributed by atoms with van der Waals surface area (Å²) in [5.41, 5.74) is 0.470. The van der Waals surface area contributed by atoms with E-state index in [1.165, 1.54) is 7.11 Å². The summed E-state index contributed by atoms with van der Waals surface area (Å²) < 4.78 is 10.6. The van der Waals surface area contributed by atoms with Crippen LogP contribution < -0.4 is 14.8 Å². The molecule has 1 N–H and O–H groups in total. The molecule has 0 bridgehead atoms. The molecule has 1 aliphatic heterocycles. The van der Waals surface area contributed by atoms with Crippen LogP contribution in [0.3, 0.4) is 0 Å². The SMILES string of the molecule is CCCCNC(=O)C1CSC(c2cccs2)N1C(=O)c1ccc(OC)c(OC)c1. The van der Waals surface area contributed by atoms with E-state index in [1.807, 2.05) is 17.5 Å². The van der Waals surface area contributed by atoms with E-state index in [1.54, 1.807) is 53.3 Å². The van der Waals surface area contributed by atoms with Crippen LogP contribution in [0, 0.1) is 0 Å². The highest BCUT2D eigenvalue weighted by atomic mass is 32.2. The van der Waals surface area contributed by atoms with E-state index in [0.717, 1.165) is 17.7 Å². The van der Waals surface area contributed by atoms with Gasteiger partial charge < -0.3 is 19.7 Å². The third kappa shape index (κ3) is 4.70. The van der Waals surface area contributed by atoms with Gasteiger partial charge in [0.25, 0.3) is 5.91 Å². The number of rotatable bonds is 8. The van der Waals surface area contributed by atoms with E-state index < -0.39 is 6.04 Å². The Kier molecular flexibility index (Phi) is 7.44. The zero-order valence-corrected chi connectivity index (χ0v) is 18.5. The van der Waals surface area contributed by atoms with Crippen molar-refractivity contribution in [3.05, 3.63) is 46.2 Å². The summed E-state index contributed by atoms with van der Waals surface area (Å²) in [6, 6.07) is 8.56. The van der Waals surface area contributed by atoms with E-state index in [4.69, 9.17) is 9.47 Å². The second-order valence-corrected chi connectivity index (χ2v) is 8.74. The molecule has 1 fully saturated rings. The van der Waals surface area contributed by atoms with Crippen LogP contribution >= 0.6 is 23.1 Å². The van der Waals surface area contributed by atoms with Crippen LogP contribution in [0.25, 0.3) is 0 Å². The number of thiophene rings is 1. The normalized spacial score (nSPS) is 18.5. The number of unbranched alkanes of at least 4 members (excludes halogenated alkanes) is 1. The molecule has 1 saturated heterocycles.